The van der Waals surface area contributed by atoms with E-state index < -0.39 is 41.0 Å². The Morgan fingerprint density at radius 2 is 1.82 bits per heavy atom. The maximum absolute atomic E-state index is 15.7. The summed E-state index contributed by atoms with van der Waals surface area (Å²) in [7, 11) is 1.84. The highest BCUT2D eigenvalue weighted by Crippen LogP contribution is 2.46. The molecule has 1 N–H and O–H groups in total. The minimum absolute atomic E-state index is 0. The van der Waals surface area contributed by atoms with Crippen LogP contribution in [0.2, 0.25) is 0 Å². The van der Waals surface area contributed by atoms with Gasteiger partial charge in [-0.05, 0) is 40.8 Å². The number of nitrogens with zero attached hydrogens (tertiary/aromatic N) is 6. The van der Waals surface area contributed by atoms with E-state index in [0.717, 1.165) is 41.0 Å². The lowest BCUT2D eigenvalue weighted by atomic mass is 9.84. The van der Waals surface area contributed by atoms with E-state index in [2.05, 4.69) is 32.4 Å². The van der Waals surface area contributed by atoms with Gasteiger partial charge in [0.15, 0.2) is 5.60 Å². The lowest BCUT2D eigenvalue weighted by Gasteiger charge is -2.35. The number of benzene rings is 1. The third-order valence-electron chi connectivity index (χ3n) is 4.95. The van der Waals surface area contributed by atoms with Crippen molar-refractivity contribution in [1.82, 2.24) is 29.8 Å². The van der Waals surface area contributed by atoms with Gasteiger partial charge in [-0.2, -0.15) is 8.78 Å². The zero-order valence-electron chi connectivity index (χ0n) is 17.1. The largest absolute Gasteiger partial charge is 0.377 e. The Hall–Kier alpha value is -4.04. The smallest absolute Gasteiger partial charge is 0.323 e. The van der Waals surface area contributed by atoms with E-state index in [4.69, 9.17) is 0 Å². The predicted octanol–water partition coefficient (Wildman–Crippen LogP) is 3.40. The van der Waals surface area contributed by atoms with Gasteiger partial charge in [-0.25, -0.2) is 13.5 Å². The summed E-state index contributed by atoms with van der Waals surface area (Å²) >= 11 is 0. The number of alkyl halides is 2. The summed E-state index contributed by atoms with van der Waals surface area (Å²) in [4.78, 5) is 3.76. The van der Waals surface area contributed by atoms with Crippen molar-refractivity contribution in [1.29, 1.82) is 0 Å². The molecule has 0 aliphatic carbocycles. The van der Waals surface area contributed by atoms with Crippen LogP contribution in [-0.4, -0.2) is 34.9 Å². The Balaban J connectivity index is 0.00000324. The molecule has 1 unspecified atom stereocenters. The molecule has 1 atom stereocenters. The summed E-state index contributed by atoms with van der Waals surface area (Å²) < 4.78 is 61.8. The van der Waals surface area contributed by atoms with Crippen LogP contribution in [0.3, 0.4) is 0 Å². The molecule has 0 bridgehead atoms. The molecule has 7 nitrogen and oxygen atoms in total. The maximum atomic E-state index is 15.7. The number of aryl methyl sites for hydroxylation is 1. The standard InChI is InChI=1S/C22H16F4N6O.CH4/c1-31-9-8-16(12-31)3-2-15-4-7-20(27-11-15)22(25,26)21(33,13-32-14-28-29-30-32)18-6-5-17(23)10-19(18)24;/h4-12,14,33H,13H2,1H3;1H4. The van der Waals surface area contributed by atoms with Gasteiger partial charge in [0.25, 0.3) is 0 Å². The van der Waals surface area contributed by atoms with Gasteiger partial charge in [0, 0.05) is 48.4 Å². The minimum Gasteiger partial charge on any atom is -0.377 e. The van der Waals surface area contributed by atoms with E-state index in [-0.39, 0.29) is 7.43 Å². The topological polar surface area (TPSA) is 81.7 Å². The van der Waals surface area contributed by atoms with Gasteiger partial charge >= 0.3 is 5.92 Å². The normalized spacial score (nSPS) is 12.9. The van der Waals surface area contributed by atoms with Crippen molar-refractivity contribution in [3.63, 3.8) is 0 Å². The van der Waals surface area contributed by atoms with Crippen LogP contribution < -0.4 is 0 Å². The average molecular weight is 472 g/mol. The fourth-order valence-electron chi connectivity index (χ4n) is 3.25. The van der Waals surface area contributed by atoms with Crippen molar-refractivity contribution < 1.29 is 22.7 Å². The Morgan fingerprint density at radius 3 is 2.41 bits per heavy atom. The first-order valence-corrected chi connectivity index (χ1v) is 9.56. The number of rotatable bonds is 5. The number of aromatic nitrogens is 6. The highest BCUT2D eigenvalue weighted by molar-refractivity contribution is 5.42. The van der Waals surface area contributed by atoms with Gasteiger partial charge in [-0.15, -0.1) is 5.10 Å². The quantitative estimate of drug-likeness (QED) is 0.356. The molecule has 3 aromatic heterocycles. The number of hydrogen-bond donors (Lipinski definition) is 1. The molecule has 0 aliphatic rings. The Labute approximate surface area is 192 Å². The van der Waals surface area contributed by atoms with Gasteiger partial charge in [0.05, 0.1) is 6.54 Å². The lowest BCUT2D eigenvalue weighted by molar-refractivity contribution is -0.207. The first kappa shape index (κ1) is 24.6. The molecule has 1 aromatic carbocycles. The zero-order valence-corrected chi connectivity index (χ0v) is 17.1. The Morgan fingerprint density at radius 1 is 1.06 bits per heavy atom. The summed E-state index contributed by atoms with van der Waals surface area (Å²) in [5.41, 5.74) is -3.78. The molecule has 3 heterocycles. The number of pyridine rings is 1. The monoisotopic (exact) mass is 472 g/mol. The van der Waals surface area contributed by atoms with Gasteiger partial charge in [-0.3, -0.25) is 4.98 Å². The Kier molecular flexibility index (Phi) is 6.83. The molecule has 0 aliphatic heterocycles. The first-order chi connectivity index (χ1) is 15.7. The van der Waals surface area contributed by atoms with Crippen molar-refractivity contribution in [3.05, 3.63) is 95.3 Å². The summed E-state index contributed by atoms with van der Waals surface area (Å²) in [5, 5.41) is 21.3. The number of halogens is 4. The second kappa shape index (κ2) is 9.44. The third-order valence-corrected chi connectivity index (χ3v) is 4.95. The van der Waals surface area contributed by atoms with Gasteiger partial charge in [0.1, 0.15) is 23.7 Å². The molecule has 0 saturated heterocycles. The molecular weight excluding hydrogens is 452 g/mol. The van der Waals surface area contributed by atoms with Crippen LogP contribution in [0.5, 0.6) is 0 Å². The molecule has 0 radical (unpaired) electrons. The third kappa shape index (κ3) is 4.67. The average Bonchev–Trinajstić information content (AvgIpc) is 3.43. The molecule has 4 aromatic rings. The van der Waals surface area contributed by atoms with Crippen molar-refractivity contribution in [2.45, 2.75) is 25.5 Å². The van der Waals surface area contributed by atoms with Gasteiger partial charge in [-0.1, -0.05) is 19.3 Å². The number of aliphatic hydroxyl groups is 1. The summed E-state index contributed by atoms with van der Waals surface area (Å²) in [6.45, 7) is -0.924. The fraction of sp³-hybridized carbons (Fsp3) is 0.217. The van der Waals surface area contributed by atoms with Crippen LogP contribution in [0.4, 0.5) is 17.6 Å². The number of hydrogen-bond acceptors (Lipinski definition) is 5. The molecular formula is C23H20F4N6O. The second-order valence-electron chi connectivity index (χ2n) is 7.31. The van der Waals surface area contributed by atoms with Crippen LogP contribution in [0.15, 0.2) is 61.3 Å². The number of tetrazole rings is 1. The summed E-state index contributed by atoms with van der Waals surface area (Å²) in [6.07, 6.45) is 5.71. The van der Waals surface area contributed by atoms with Crippen molar-refractivity contribution in [2.24, 2.45) is 7.05 Å². The molecule has 0 spiro atoms. The lowest BCUT2D eigenvalue weighted by Crippen LogP contribution is -2.48. The molecule has 0 amide bonds. The zero-order chi connectivity index (χ0) is 23.6. The summed E-state index contributed by atoms with van der Waals surface area (Å²) in [6, 6.07) is 6.02. The molecule has 0 fully saturated rings. The van der Waals surface area contributed by atoms with E-state index in [1.807, 2.05) is 17.8 Å². The predicted molar refractivity (Wildman–Crippen MR) is 114 cm³/mol. The Bertz CT molecular complexity index is 1330. The summed E-state index contributed by atoms with van der Waals surface area (Å²) in [5.74, 6) is -0.766. The fourth-order valence-corrected chi connectivity index (χ4v) is 3.25. The van der Waals surface area contributed by atoms with E-state index in [1.54, 1.807) is 12.3 Å². The first-order valence-electron chi connectivity index (χ1n) is 9.56. The molecule has 11 heteroatoms. The molecule has 4 rings (SSSR count). The van der Waals surface area contributed by atoms with Crippen LogP contribution in [0.25, 0.3) is 0 Å². The molecule has 0 saturated carbocycles. The van der Waals surface area contributed by atoms with Crippen molar-refractivity contribution >= 4 is 0 Å². The van der Waals surface area contributed by atoms with E-state index in [1.165, 1.54) is 6.07 Å². The highest BCUT2D eigenvalue weighted by atomic mass is 19.3. The van der Waals surface area contributed by atoms with E-state index in [0.29, 0.717) is 11.6 Å². The van der Waals surface area contributed by atoms with Crippen molar-refractivity contribution in [3.8, 4) is 11.8 Å². The van der Waals surface area contributed by atoms with Gasteiger partial charge < -0.3 is 9.67 Å². The minimum atomic E-state index is -4.12. The van der Waals surface area contributed by atoms with Gasteiger partial charge in [0.2, 0.25) is 0 Å². The van der Waals surface area contributed by atoms with Crippen LogP contribution >= 0.6 is 0 Å². The molecule has 34 heavy (non-hydrogen) atoms. The van der Waals surface area contributed by atoms with Crippen LogP contribution in [-0.2, 0) is 25.1 Å². The second-order valence-corrected chi connectivity index (χ2v) is 7.31. The van der Waals surface area contributed by atoms with E-state index in [9.17, 15) is 13.9 Å². The van der Waals surface area contributed by atoms with Crippen LogP contribution in [0.1, 0.15) is 29.8 Å². The molecule has 176 valence electrons. The van der Waals surface area contributed by atoms with Crippen LogP contribution in [0, 0.1) is 23.5 Å². The maximum Gasteiger partial charge on any atom is 0.323 e. The van der Waals surface area contributed by atoms with Crippen molar-refractivity contribution in [2.75, 3.05) is 0 Å². The SMILES string of the molecule is C.Cn1ccc(C#Cc2ccc(C(F)(F)C(O)(Cn3cnnn3)c3ccc(F)cc3F)nc2)c1. The highest BCUT2D eigenvalue weighted by Gasteiger charge is 2.57. The van der Waals surface area contributed by atoms with E-state index >= 15 is 8.78 Å².